The zero-order valence-electron chi connectivity index (χ0n) is 14.8. The molecule has 0 aromatic heterocycles. The summed E-state index contributed by atoms with van der Waals surface area (Å²) >= 11 is 0. The molecule has 2 aliphatic heterocycles. The number of non-ortho nitro benzene ring substituents is 1. The van der Waals surface area contributed by atoms with Crippen LogP contribution in [0.2, 0.25) is 0 Å². The number of piperidine rings is 1. The van der Waals surface area contributed by atoms with Crippen LogP contribution in [0, 0.1) is 17.0 Å². The number of imide groups is 1. The lowest BCUT2D eigenvalue weighted by atomic mass is 9.97. The van der Waals surface area contributed by atoms with Crippen molar-refractivity contribution >= 4 is 23.2 Å². The summed E-state index contributed by atoms with van der Waals surface area (Å²) in [5.74, 6) is -0.666. The number of anilines is 1. The number of aliphatic hydroxyl groups excluding tert-OH is 1. The predicted molar refractivity (Wildman–Crippen MR) is 94.8 cm³/mol. The number of aryl methyl sites for hydroxylation is 1. The molecule has 26 heavy (non-hydrogen) atoms. The third kappa shape index (κ3) is 3.34. The van der Waals surface area contributed by atoms with E-state index >= 15 is 0 Å². The number of carbonyl (C=O) groups is 2. The topological polar surface area (TPSA) is 104 Å². The number of rotatable bonds is 5. The summed E-state index contributed by atoms with van der Waals surface area (Å²) in [7, 11) is 0. The van der Waals surface area contributed by atoms with Crippen LogP contribution in [0.15, 0.2) is 18.2 Å². The summed E-state index contributed by atoms with van der Waals surface area (Å²) in [6.07, 6.45) is 3.55. The molecule has 2 fully saturated rings. The number of benzene rings is 1. The maximum Gasteiger partial charge on any atom is 0.271 e. The van der Waals surface area contributed by atoms with Gasteiger partial charge < -0.3 is 5.11 Å². The first-order valence-corrected chi connectivity index (χ1v) is 8.92. The second-order valence-corrected chi connectivity index (χ2v) is 6.91. The first-order valence-electron chi connectivity index (χ1n) is 8.92. The molecule has 0 aliphatic carbocycles. The highest BCUT2D eigenvalue weighted by Gasteiger charge is 2.45. The summed E-state index contributed by atoms with van der Waals surface area (Å²) in [6, 6.07) is 3.73. The molecule has 0 saturated carbocycles. The normalized spacial score (nSPS) is 24.3. The van der Waals surface area contributed by atoms with Crippen molar-refractivity contribution in [3.05, 3.63) is 33.9 Å². The SMILES string of the molecule is Cc1ccc([N+](=O)[O-])cc1N1C(=O)CC(N2CCCCC2CCO)C1=O. The van der Waals surface area contributed by atoms with Gasteiger partial charge in [-0.15, -0.1) is 0 Å². The highest BCUT2D eigenvalue weighted by Crippen LogP contribution is 2.33. The summed E-state index contributed by atoms with van der Waals surface area (Å²) in [5.41, 5.74) is 0.779. The van der Waals surface area contributed by atoms with Crippen LogP contribution in [-0.2, 0) is 9.59 Å². The number of nitrogens with zero attached hydrogens (tertiary/aromatic N) is 3. The molecule has 2 saturated heterocycles. The van der Waals surface area contributed by atoms with E-state index < -0.39 is 11.0 Å². The highest BCUT2D eigenvalue weighted by molar-refractivity contribution is 6.22. The van der Waals surface area contributed by atoms with Gasteiger partial charge in [0.2, 0.25) is 5.91 Å². The van der Waals surface area contributed by atoms with Crippen LogP contribution in [0.4, 0.5) is 11.4 Å². The number of hydrogen-bond acceptors (Lipinski definition) is 6. The molecule has 1 aromatic rings. The molecule has 2 aliphatic rings. The summed E-state index contributed by atoms with van der Waals surface area (Å²) < 4.78 is 0. The molecule has 2 heterocycles. The Hall–Kier alpha value is -2.32. The predicted octanol–water partition coefficient (Wildman–Crippen LogP) is 1.77. The summed E-state index contributed by atoms with van der Waals surface area (Å²) in [4.78, 5) is 39.3. The van der Waals surface area contributed by atoms with Crippen LogP contribution in [0.1, 0.15) is 37.7 Å². The number of likely N-dealkylation sites (tertiary alicyclic amines) is 1. The van der Waals surface area contributed by atoms with Gasteiger partial charge in [-0.2, -0.15) is 0 Å². The second-order valence-electron chi connectivity index (χ2n) is 6.91. The first-order chi connectivity index (χ1) is 12.4. The van der Waals surface area contributed by atoms with Crippen molar-refractivity contribution in [1.82, 2.24) is 4.90 Å². The smallest absolute Gasteiger partial charge is 0.271 e. The molecule has 2 atom stereocenters. The minimum Gasteiger partial charge on any atom is -0.396 e. The molecule has 1 aromatic carbocycles. The van der Waals surface area contributed by atoms with E-state index in [1.807, 2.05) is 4.90 Å². The largest absolute Gasteiger partial charge is 0.396 e. The van der Waals surface area contributed by atoms with E-state index in [1.165, 1.54) is 12.1 Å². The fourth-order valence-corrected chi connectivity index (χ4v) is 3.97. The van der Waals surface area contributed by atoms with E-state index in [-0.39, 0.29) is 42.3 Å². The van der Waals surface area contributed by atoms with E-state index in [9.17, 15) is 24.8 Å². The minimum absolute atomic E-state index is 0.0454. The lowest BCUT2D eigenvalue weighted by molar-refractivity contribution is -0.384. The van der Waals surface area contributed by atoms with Crippen molar-refractivity contribution in [2.45, 2.75) is 51.1 Å². The molecule has 0 radical (unpaired) electrons. The average molecular weight is 361 g/mol. The maximum absolute atomic E-state index is 13.0. The maximum atomic E-state index is 13.0. The first kappa shape index (κ1) is 18.5. The Labute approximate surface area is 151 Å². The van der Waals surface area contributed by atoms with Crippen LogP contribution in [0.5, 0.6) is 0 Å². The van der Waals surface area contributed by atoms with Crippen LogP contribution in [0.25, 0.3) is 0 Å². The molecule has 8 nitrogen and oxygen atoms in total. The third-order valence-electron chi connectivity index (χ3n) is 5.30. The van der Waals surface area contributed by atoms with Crippen molar-refractivity contribution in [3.63, 3.8) is 0 Å². The number of carbonyl (C=O) groups excluding carboxylic acids is 2. The molecule has 2 unspecified atom stereocenters. The monoisotopic (exact) mass is 361 g/mol. The molecule has 8 heteroatoms. The van der Waals surface area contributed by atoms with E-state index in [0.717, 1.165) is 30.7 Å². The van der Waals surface area contributed by atoms with Gasteiger partial charge in [0.1, 0.15) is 0 Å². The Balaban J connectivity index is 1.90. The molecule has 140 valence electrons. The van der Waals surface area contributed by atoms with Crippen LogP contribution in [0.3, 0.4) is 0 Å². The van der Waals surface area contributed by atoms with Gasteiger partial charge in [-0.05, 0) is 38.3 Å². The molecule has 0 spiro atoms. The van der Waals surface area contributed by atoms with Gasteiger partial charge in [0.25, 0.3) is 11.6 Å². The van der Waals surface area contributed by atoms with Crippen LogP contribution in [-0.4, -0.2) is 52.0 Å². The standard InChI is InChI=1S/C18H23N3O5/c1-12-5-6-14(21(25)26)10-15(12)20-17(23)11-16(18(20)24)19-8-3-2-4-13(19)7-9-22/h5-6,10,13,16,22H,2-4,7-9,11H2,1H3. The fourth-order valence-electron chi connectivity index (χ4n) is 3.97. The van der Waals surface area contributed by atoms with Gasteiger partial charge in [-0.1, -0.05) is 12.5 Å². The zero-order chi connectivity index (χ0) is 18.8. The Kier molecular flexibility index (Phi) is 5.33. The number of aliphatic hydroxyl groups is 1. The van der Waals surface area contributed by atoms with Crippen LogP contribution >= 0.6 is 0 Å². The third-order valence-corrected chi connectivity index (χ3v) is 5.30. The van der Waals surface area contributed by atoms with Gasteiger partial charge in [0.05, 0.1) is 23.1 Å². The molecule has 2 amide bonds. The van der Waals surface area contributed by atoms with E-state index in [2.05, 4.69) is 0 Å². The van der Waals surface area contributed by atoms with Crippen molar-refractivity contribution in [2.24, 2.45) is 0 Å². The summed E-state index contributed by atoms with van der Waals surface area (Å²) in [5, 5.41) is 20.3. The quantitative estimate of drug-likeness (QED) is 0.487. The molecule has 3 rings (SSSR count). The Morgan fingerprint density at radius 2 is 2.08 bits per heavy atom. The van der Waals surface area contributed by atoms with Gasteiger partial charge in [-0.3, -0.25) is 24.6 Å². The average Bonchev–Trinajstić information content (AvgIpc) is 2.90. The Morgan fingerprint density at radius 1 is 1.31 bits per heavy atom. The summed E-state index contributed by atoms with van der Waals surface area (Å²) in [6.45, 7) is 2.49. The van der Waals surface area contributed by atoms with E-state index in [1.54, 1.807) is 13.0 Å². The van der Waals surface area contributed by atoms with Gasteiger partial charge in [0, 0.05) is 24.8 Å². The number of nitro groups is 1. The van der Waals surface area contributed by atoms with Crippen molar-refractivity contribution in [3.8, 4) is 0 Å². The number of amides is 2. The Morgan fingerprint density at radius 3 is 2.77 bits per heavy atom. The van der Waals surface area contributed by atoms with Gasteiger partial charge in [-0.25, -0.2) is 4.90 Å². The van der Waals surface area contributed by atoms with E-state index in [0.29, 0.717) is 12.0 Å². The van der Waals surface area contributed by atoms with Gasteiger partial charge >= 0.3 is 0 Å². The molecular formula is C18H23N3O5. The minimum atomic E-state index is -0.557. The van der Waals surface area contributed by atoms with Crippen molar-refractivity contribution < 1.29 is 19.6 Å². The van der Waals surface area contributed by atoms with Gasteiger partial charge in [0.15, 0.2) is 0 Å². The Bertz CT molecular complexity index is 734. The molecular weight excluding hydrogens is 338 g/mol. The number of nitro benzene ring substituents is 1. The van der Waals surface area contributed by atoms with Crippen LogP contribution < -0.4 is 4.90 Å². The zero-order valence-corrected chi connectivity index (χ0v) is 14.8. The van der Waals surface area contributed by atoms with E-state index in [4.69, 9.17) is 0 Å². The highest BCUT2D eigenvalue weighted by atomic mass is 16.6. The lowest BCUT2D eigenvalue weighted by Crippen LogP contribution is -2.50. The lowest BCUT2D eigenvalue weighted by Gasteiger charge is -2.38. The molecule has 0 bridgehead atoms. The second kappa shape index (κ2) is 7.51. The molecule has 1 N–H and O–H groups in total. The number of hydrogen-bond donors (Lipinski definition) is 1. The van der Waals surface area contributed by atoms with Crippen molar-refractivity contribution in [2.75, 3.05) is 18.1 Å². The fraction of sp³-hybridized carbons (Fsp3) is 0.556. The van der Waals surface area contributed by atoms with Crippen molar-refractivity contribution in [1.29, 1.82) is 0 Å².